The Hall–Kier alpha value is -1.50. The first-order valence-corrected chi connectivity index (χ1v) is 7.35. The van der Waals surface area contributed by atoms with Gasteiger partial charge in [-0.1, -0.05) is 13.3 Å². The van der Waals surface area contributed by atoms with Gasteiger partial charge in [-0.2, -0.15) is 0 Å². The Labute approximate surface area is 110 Å². The van der Waals surface area contributed by atoms with Gasteiger partial charge in [-0.25, -0.2) is 17.2 Å². The lowest BCUT2D eigenvalue weighted by molar-refractivity contribution is -0.140. The Bertz CT molecular complexity index is 555. The molecule has 0 saturated heterocycles. The van der Waals surface area contributed by atoms with Crippen molar-refractivity contribution in [1.29, 1.82) is 0 Å². The van der Waals surface area contributed by atoms with Crippen LogP contribution in [0.15, 0.2) is 23.1 Å². The van der Waals surface area contributed by atoms with Crippen molar-refractivity contribution in [2.45, 2.75) is 24.7 Å². The zero-order valence-electron chi connectivity index (χ0n) is 10.4. The van der Waals surface area contributed by atoms with Gasteiger partial charge in [-0.05, 0) is 24.6 Å². The van der Waals surface area contributed by atoms with E-state index in [2.05, 4.69) is 4.74 Å². The molecule has 0 amide bonds. The zero-order valence-corrected chi connectivity index (χ0v) is 11.2. The molecule has 0 bridgehead atoms. The highest BCUT2D eigenvalue weighted by Gasteiger charge is 2.24. The molecule has 0 aliphatic rings. The van der Waals surface area contributed by atoms with Crippen LogP contribution in [0.4, 0.5) is 8.78 Å². The second-order valence-electron chi connectivity index (χ2n) is 3.91. The quantitative estimate of drug-likeness (QED) is 0.595. The number of benzene rings is 1. The van der Waals surface area contributed by atoms with Crippen molar-refractivity contribution >= 4 is 15.8 Å². The summed E-state index contributed by atoms with van der Waals surface area (Å²) in [5, 5.41) is 0. The summed E-state index contributed by atoms with van der Waals surface area (Å²) in [7, 11) is -4.24. The van der Waals surface area contributed by atoms with Gasteiger partial charge in [0, 0.05) is 0 Å². The Kier molecular flexibility index (Phi) is 5.41. The molecule has 0 aliphatic carbocycles. The summed E-state index contributed by atoms with van der Waals surface area (Å²) in [6.07, 6.45) is 1.40. The third-order valence-electron chi connectivity index (χ3n) is 2.30. The molecule has 0 aromatic heterocycles. The summed E-state index contributed by atoms with van der Waals surface area (Å²) < 4.78 is 54.4. The van der Waals surface area contributed by atoms with Gasteiger partial charge in [0.2, 0.25) is 0 Å². The van der Waals surface area contributed by atoms with E-state index in [1.54, 1.807) is 0 Å². The summed E-state index contributed by atoms with van der Waals surface area (Å²) in [6, 6.07) is 2.04. The fraction of sp³-hybridized carbons (Fsp3) is 0.417. The van der Waals surface area contributed by atoms with E-state index in [0.717, 1.165) is 12.5 Å². The highest BCUT2D eigenvalue weighted by molar-refractivity contribution is 7.92. The molecule has 0 fully saturated rings. The van der Waals surface area contributed by atoms with Gasteiger partial charge in [0.05, 0.1) is 6.61 Å². The van der Waals surface area contributed by atoms with Crippen LogP contribution in [0.25, 0.3) is 0 Å². The molecule has 4 nitrogen and oxygen atoms in total. The van der Waals surface area contributed by atoms with E-state index in [1.165, 1.54) is 0 Å². The average molecular weight is 292 g/mol. The fourth-order valence-electron chi connectivity index (χ4n) is 1.32. The lowest BCUT2D eigenvalue weighted by Crippen LogP contribution is -2.20. The van der Waals surface area contributed by atoms with E-state index in [0.29, 0.717) is 18.6 Å². The Morgan fingerprint density at radius 3 is 2.63 bits per heavy atom. The first-order chi connectivity index (χ1) is 8.86. The molecule has 0 aliphatic heterocycles. The van der Waals surface area contributed by atoms with Crippen molar-refractivity contribution in [3.05, 3.63) is 29.8 Å². The van der Waals surface area contributed by atoms with Gasteiger partial charge in [0.25, 0.3) is 0 Å². The number of esters is 1. The minimum Gasteiger partial charge on any atom is -0.465 e. The SMILES string of the molecule is CCCCOC(=O)CS(=O)(=O)c1cc(F)ccc1F. The van der Waals surface area contributed by atoms with Gasteiger partial charge in [-0.3, -0.25) is 4.79 Å². The fourth-order valence-corrected chi connectivity index (χ4v) is 2.53. The summed E-state index contributed by atoms with van der Waals surface area (Å²) >= 11 is 0. The van der Waals surface area contributed by atoms with Crippen LogP contribution in [0.5, 0.6) is 0 Å². The van der Waals surface area contributed by atoms with Crippen molar-refractivity contribution in [3.63, 3.8) is 0 Å². The molecule has 0 unspecified atom stereocenters. The van der Waals surface area contributed by atoms with Gasteiger partial charge in [0.15, 0.2) is 15.6 Å². The summed E-state index contributed by atoms with van der Waals surface area (Å²) in [6.45, 7) is 1.99. The standard InChI is InChI=1S/C12H14F2O4S/c1-2-3-6-18-12(15)8-19(16,17)11-7-9(13)4-5-10(11)14/h4-5,7H,2-3,6,8H2,1H3. The van der Waals surface area contributed by atoms with Crippen molar-refractivity contribution in [2.24, 2.45) is 0 Å². The first-order valence-electron chi connectivity index (χ1n) is 5.70. The highest BCUT2D eigenvalue weighted by atomic mass is 32.2. The molecular formula is C12H14F2O4S. The normalized spacial score (nSPS) is 11.3. The van der Waals surface area contributed by atoms with Crippen LogP contribution in [0, 0.1) is 11.6 Å². The smallest absolute Gasteiger partial charge is 0.321 e. The van der Waals surface area contributed by atoms with Crippen molar-refractivity contribution in [2.75, 3.05) is 12.4 Å². The van der Waals surface area contributed by atoms with E-state index in [-0.39, 0.29) is 6.61 Å². The molecule has 7 heteroatoms. The van der Waals surface area contributed by atoms with Crippen molar-refractivity contribution < 1.29 is 26.7 Å². The Balaban J connectivity index is 2.81. The number of sulfone groups is 1. The minimum absolute atomic E-state index is 0.108. The van der Waals surface area contributed by atoms with Crippen LogP contribution in [0.3, 0.4) is 0 Å². The Morgan fingerprint density at radius 2 is 2.00 bits per heavy atom. The molecule has 1 aromatic carbocycles. The molecule has 0 heterocycles. The summed E-state index contributed by atoms with van der Waals surface area (Å²) in [5.41, 5.74) is 0. The molecule has 0 spiro atoms. The van der Waals surface area contributed by atoms with E-state index >= 15 is 0 Å². The van der Waals surface area contributed by atoms with Gasteiger partial charge < -0.3 is 4.74 Å². The van der Waals surface area contributed by atoms with Crippen LogP contribution in [0.2, 0.25) is 0 Å². The van der Waals surface area contributed by atoms with Crippen LogP contribution in [-0.4, -0.2) is 26.7 Å². The van der Waals surface area contributed by atoms with Crippen LogP contribution in [0.1, 0.15) is 19.8 Å². The van der Waals surface area contributed by atoms with E-state index < -0.39 is 38.1 Å². The Morgan fingerprint density at radius 1 is 1.32 bits per heavy atom. The van der Waals surface area contributed by atoms with Gasteiger partial charge in [0.1, 0.15) is 16.5 Å². The largest absolute Gasteiger partial charge is 0.465 e. The lowest BCUT2D eigenvalue weighted by Gasteiger charge is -2.06. The maximum Gasteiger partial charge on any atom is 0.321 e. The molecule has 19 heavy (non-hydrogen) atoms. The number of ether oxygens (including phenoxy) is 1. The maximum absolute atomic E-state index is 13.3. The second-order valence-corrected chi connectivity index (χ2v) is 5.87. The van der Waals surface area contributed by atoms with Gasteiger partial charge in [-0.15, -0.1) is 0 Å². The van der Waals surface area contributed by atoms with Crippen molar-refractivity contribution in [3.8, 4) is 0 Å². The summed E-state index contributed by atoms with van der Waals surface area (Å²) in [4.78, 5) is 10.5. The molecule has 1 rings (SSSR count). The minimum atomic E-state index is -4.24. The summed E-state index contributed by atoms with van der Waals surface area (Å²) in [5.74, 6) is -3.96. The number of unbranched alkanes of at least 4 members (excludes halogenated alkanes) is 1. The first kappa shape index (κ1) is 15.6. The second kappa shape index (κ2) is 6.60. The van der Waals surface area contributed by atoms with E-state index in [4.69, 9.17) is 0 Å². The average Bonchev–Trinajstić information content (AvgIpc) is 2.32. The highest BCUT2D eigenvalue weighted by Crippen LogP contribution is 2.17. The molecule has 0 atom stereocenters. The van der Waals surface area contributed by atoms with Crippen molar-refractivity contribution in [1.82, 2.24) is 0 Å². The topological polar surface area (TPSA) is 60.4 Å². The zero-order chi connectivity index (χ0) is 14.5. The molecule has 0 saturated carbocycles. The third-order valence-corrected chi connectivity index (χ3v) is 3.90. The van der Waals surface area contributed by atoms with E-state index in [1.807, 2.05) is 6.92 Å². The van der Waals surface area contributed by atoms with Crippen LogP contribution < -0.4 is 0 Å². The number of hydrogen-bond donors (Lipinski definition) is 0. The monoisotopic (exact) mass is 292 g/mol. The molecular weight excluding hydrogens is 278 g/mol. The number of carbonyl (C=O) groups is 1. The van der Waals surface area contributed by atoms with Crippen LogP contribution in [-0.2, 0) is 19.4 Å². The molecule has 106 valence electrons. The maximum atomic E-state index is 13.3. The number of hydrogen-bond acceptors (Lipinski definition) is 4. The molecule has 0 N–H and O–H groups in total. The number of rotatable bonds is 6. The third kappa shape index (κ3) is 4.59. The number of carbonyl (C=O) groups excluding carboxylic acids is 1. The lowest BCUT2D eigenvalue weighted by atomic mass is 10.3. The van der Waals surface area contributed by atoms with Crippen LogP contribution >= 0.6 is 0 Å². The predicted octanol–water partition coefficient (Wildman–Crippen LogP) is 2.08. The van der Waals surface area contributed by atoms with E-state index in [9.17, 15) is 22.0 Å². The predicted molar refractivity (Wildman–Crippen MR) is 64.3 cm³/mol. The molecule has 1 aromatic rings. The van der Waals surface area contributed by atoms with Gasteiger partial charge >= 0.3 is 5.97 Å². The number of halogens is 2. The molecule has 0 radical (unpaired) electrons.